The lowest BCUT2D eigenvalue weighted by Gasteiger charge is -2.21. The van der Waals surface area contributed by atoms with E-state index in [9.17, 15) is 16.8 Å². The van der Waals surface area contributed by atoms with Crippen LogP contribution in [-0.2, 0) is 20.2 Å². The molecule has 2 unspecified atom stereocenters. The molecular formula is C8H18O6S2. The van der Waals surface area contributed by atoms with E-state index in [1.54, 1.807) is 13.8 Å². The smallest absolute Gasteiger partial charge is 0.269 e. The molecule has 2 atom stereocenters. The van der Waals surface area contributed by atoms with Gasteiger partial charge >= 0.3 is 0 Å². The average molecular weight is 274 g/mol. The Kier molecular flexibility index (Phi) is 5.88. The second-order valence-electron chi connectivity index (χ2n) is 3.68. The molecule has 0 heterocycles. The van der Waals surface area contributed by atoms with E-state index in [0.29, 0.717) is 12.8 Å². The molecule has 8 heteroatoms. The van der Waals surface area contributed by atoms with E-state index in [1.165, 1.54) is 0 Å². The maximum absolute atomic E-state index is 11.1. The van der Waals surface area contributed by atoms with Crippen LogP contribution >= 0.6 is 0 Å². The van der Waals surface area contributed by atoms with Gasteiger partial charge in [0.05, 0.1) is 0 Å². The summed E-state index contributed by atoms with van der Waals surface area (Å²) >= 11 is 0. The van der Waals surface area contributed by atoms with E-state index in [4.69, 9.17) is 9.11 Å². The van der Waals surface area contributed by atoms with Gasteiger partial charge in [0, 0.05) is 0 Å². The summed E-state index contributed by atoms with van der Waals surface area (Å²) < 4.78 is 62.2. The molecular weight excluding hydrogens is 256 g/mol. The van der Waals surface area contributed by atoms with Gasteiger partial charge in [-0.3, -0.25) is 9.11 Å². The standard InChI is InChI=1S/C8H18O6S2/c1-3-5-7(15(9,10)11)8(6-4-2)16(12,13)14/h7-8H,3-6H2,1-2H3,(H,9,10,11)(H,12,13,14). The van der Waals surface area contributed by atoms with Gasteiger partial charge in [0.15, 0.2) is 0 Å². The molecule has 0 aromatic carbocycles. The van der Waals surface area contributed by atoms with Crippen LogP contribution in [0.15, 0.2) is 0 Å². The third-order valence-corrected chi connectivity index (χ3v) is 5.16. The lowest BCUT2D eigenvalue weighted by Crippen LogP contribution is -2.39. The predicted molar refractivity (Wildman–Crippen MR) is 60.5 cm³/mol. The van der Waals surface area contributed by atoms with Crippen molar-refractivity contribution in [3.8, 4) is 0 Å². The van der Waals surface area contributed by atoms with Gasteiger partial charge in [-0.15, -0.1) is 0 Å². The van der Waals surface area contributed by atoms with E-state index in [1.807, 2.05) is 0 Å². The van der Waals surface area contributed by atoms with Crippen LogP contribution in [0.2, 0.25) is 0 Å². The van der Waals surface area contributed by atoms with Gasteiger partial charge in [0.25, 0.3) is 20.2 Å². The van der Waals surface area contributed by atoms with Crippen molar-refractivity contribution in [2.24, 2.45) is 0 Å². The minimum atomic E-state index is -4.47. The summed E-state index contributed by atoms with van der Waals surface area (Å²) in [5, 5.41) is -2.90. The largest absolute Gasteiger partial charge is 0.285 e. The highest BCUT2D eigenvalue weighted by atomic mass is 32.2. The van der Waals surface area contributed by atoms with Crippen molar-refractivity contribution in [1.82, 2.24) is 0 Å². The molecule has 0 rings (SSSR count). The van der Waals surface area contributed by atoms with Crippen molar-refractivity contribution in [2.45, 2.75) is 50.0 Å². The van der Waals surface area contributed by atoms with Crippen molar-refractivity contribution in [3.05, 3.63) is 0 Å². The Balaban J connectivity index is 5.28. The molecule has 0 saturated carbocycles. The molecule has 0 aliphatic carbocycles. The fourth-order valence-corrected chi connectivity index (χ4v) is 4.57. The molecule has 0 aliphatic heterocycles. The van der Waals surface area contributed by atoms with Gasteiger partial charge in [-0.25, -0.2) is 0 Å². The van der Waals surface area contributed by atoms with Gasteiger partial charge < -0.3 is 0 Å². The van der Waals surface area contributed by atoms with Gasteiger partial charge in [-0.05, 0) is 12.8 Å². The first-order chi connectivity index (χ1) is 7.14. The maximum Gasteiger partial charge on any atom is 0.269 e. The van der Waals surface area contributed by atoms with Crippen molar-refractivity contribution in [2.75, 3.05) is 0 Å². The van der Waals surface area contributed by atoms with Gasteiger partial charge in [0.1, 0.15) is 10.5 Å². The Bertz CT molecular complexity index is 356. The fraction of sp³-hybridized carbons (Fsp3) is 1.00. The maximum atomic E-state index is 11.1. The summed E-state index contributed by atoms with van der Waals surface area (Å²) in [7, 11) is -8.94. The fourth-order valence-electron chi connectivity index (χ4n) is 1.62. The van der Waals surface area contributed by atoms with Crippen molar-refractivity contribution < 1.29 is 25.9 Å². The first kappa shape index (κ1) is 15.8. The predicted octanol–water partition coefficient (Wildman–Crippen LogP) is 1.10. The van der Waals surface area contributed by atoms with E-state index in [-0.39, 0.29) is 12.8 Å². The highest BCUT2D eigenvalue weighted by Crippen LogP contribution is 2.21. The van der Waals surface area contributed by atoms with E-state index in [0.717, 1.165) is 0 Å². The Labute approximate surface area is 96.6 Å². The third-order valence-electron chi connectivity index (χ3n) is 2.33. The Morgan fingerprint density at radius 2 is 1.06 bits per heavy atom. The number of hydrogen-bond donors (Lipinski definition) is 2. The minimum absolute atomic E-state index is 0.00326. The van der Waals surface area contributed by atoms with Crippen LogP contribution in [0.25, 0.3) is 0 Å². The molecule has 2 N–H and O–H groups in total. The highest BCUT2D eigenvalue weighted by Gasteiger charge is 2.38. The van der Waals surface area contributed by atoms with E-state index >= 15 is 0 Å². The third kappa shape index (κ3) is 4.77. The molecule has 0 fully saturated rings. The molecule has 0 saturated heterocycles. The Morgan fingerprint density at radius 1 is 0.812 bits per heavy atom. The van der Waals surface area contributed by atoms with Crippen LogP contribution in [0.3, 0.4) is 0 Å². The molecule has 0 amide bonds. The summed E-state index contributed by atoms with van der Waals surface area (Å²) in [6, 6.07) is 0. The minimum Gasteiger partial charge on any atom is -0.285 e. The molecule has 0 aliphatic rings. The summed E-state index contributed by atoms with van der Waals surface area (Å²) in [6.45, 7) is 3.34. The molecule has 98 valence electrons. The van der Waals surface area contributed by atoms with Crippen molar-refractivity contribution >= 4 is 20.2 Å². The summed E-state index contributed by atoms with van der Waals surface area (Å²) in [6.07, 6.45) is 0.812. The zero-order valence-corrected chi connectivity index (χ0v) is 11.0. The first-order valence-corrected chi connectivity index (χ1v) is 8.07. The summed E-state index contributed by atoms with van der Waals surface area (Å²) in [4.78, 5) is 0. The van der Waals surface area contributed by atoms with Crippen LogP contribution in [0.4, 0.5) is 0 Å². The lowest BCUT2D eigenvalue weighted by atomic mass is 10.1. The van der Waals surface area contributed by atoms with E-state index < -0.39 is 30.7 Å². The molecule has 0 bridgehead atoms. The quantitative estimate of drug-likeness (QED) is 0.673. The van der Waals surface area contributed by atoms with Gasteiger partial charge in [-0.2, -0.15) is 16.8 Å². The number of rotatable bonds is 7. The monoisotopic (exact) mass is 274 g/mol. The molecule has 0 aromatic heterocycles. The van der Waals surface area contributed by atoms with Gasteiger partial charge in [0.2, 0.25) is 0 Å². The van der Waals surface area contributed by atoms with Crippen LogP contribution in [0.5, 0.6) is 0 Å². The number of hydrogen-bond acceptors (Lipinski definition) is 4. The van der Waals surface area contributed by atoms with Crippen molar-refractivity contribution in [3.63, 3.8) is 0 Å². The van der Waals surface area contributed by atoms with E-state index in [2.05, 4.69) is 0 Å². The normalized spacial score (nSPS) is 17.0. The molecule has 0 spiro atoms. The lowest BCUT2D eigenvalue weighted by molar-refractivity contribution is 0.424. The average Bonchev–Trinajstić information content (AvgIpc) is 2.07. The van der Waals surface area contributed by atoms with Crippen LogP contribution in [0.1, 0.15) is 39.5 Å². The zero-order valence-electron chi connectivity index (χ0n) is 9.33. The zero-order chi connectivity index (χ0) is 13.0. The molecule has 16 heavy (non-hydrogen) atoms. The SMILES string of the molecule is CCCC(C(CCC)S(=O)(=O)O)S(=O)(=O)O. The molecule has 0 radical (unpaired) electrons. The van der Waals surface area contributed by atoms with Crippen LogP contribution in [0, 0.1) is 0 Å². The Morgan fingerprint density at radius 3 is 1.19 bits per heavy atom. The first-order valence-electron chi connectivity index (χ1n) is 5.07. The highest BCUT2D eigenvalue weighted by molar-refractivity contribution is 7.90. The Hall–Kier alpha value is -0.180. The topological polar surface area (TPSA) is 109 Å². The molecule has 6 nitrogen and oxygen atoms in total. The second kappa shape index (κ2) is 5.95. The molecule has 0 aromatic rings. The van der Waals surface area contributed by atoms with Crippen LogP contribution < -0.4 is 0 Å². The van der Waals surface area contributed by atoms with Crippen LogP contribution in [-0.4, -0.2) is 36.4 Å². The summed E-state index contributed by atoms with van der Waals surface area (Å²) in [5.74, 6) is 0. The van der Waals surface area contributed by atoms with Crippen molar-refractivity contribution in [1.29, 1.82) is 0 Å². The summed E-state index contributed by atoms with van der Waals surface area (Å²) in [5.41, 5.74) is 0. The van der Waals surface area contributed by atoms with Gasteiger partial charge in [-0.1, -0.05) is 26.7 Å². The second-order valence-corrected chi connectivity index (χ2v) is 6.96.